The highest BCUT2D eigenvalue weighted by atomic mass is 15.2. The maximum atomic E-state index is 5.83. The zero-order chi connectivity index (χ0) is 8.27. The van der Waals surface area contributed by atoms with E-state index in [9.17, 15) is 0 Å². The Balaban J connectivity index is 2.34. The largest absolute Gasteiger partial charge is 0.326 e. The van der Waals surface area contributed by atoms with Crippen LogP contribution in [0.2, 0.25) is 0 Å². The standard InChI is InChI=1S/C9H20N2/c1-3-9(4-2)11-6-5-8(10)7-11/h8-9H,3-7,10H2,1-2H3/t8-/m1/s1. The molecule has 1 heterocycles. The SMILES string of the molecule is CCC(CC)N1CC[C@@H](N)C1. The zero-order valence-electron chi connectivity index (χ0n) is 7.71. The number of hydrogen-bond acceptors (Lipinski definition) is 2. The molecular formula is C9H20N2. The highest BCUT2D eigenvalue weighted by molar-refractivity contribution is 4.81. The maximum absolute atomic E-state index is 5.83. The Bertz CT molecular complexity index is 110. The molecule has 1 saturated heterocycles. The maximum Gasteiger partial charge on any atom is 0.0180 e. The lowest BCUT2D eigenvalue weighted by Gasteiger charge is -2.25. The third-order valence-corrected chi connectivity index (χ3v) is 2.72. The van der Waals surface area contributed by atoms with Crippen molar-refractivity contribution >= 4 is 0 Å². The molecule has 0 bridgehead atoms. The number of nitrogens with zero attached hydrogens (tertiary/aromatic N) is 1. The van der Waals surface area contributed by atoms with E-state index in [4.69, 9.17) is 5.73 Å². The molecule has 11 heavy (non-hydrogen) atoms. The first-order valence-electron chi connectivity index (χ1n) is 4.77. The summed E-state index contributed by atoms with van der Waals surface area (Å²) in [5.74, 6) is 0. The Kier molecular flexibility index (Phi) is 3.34. The molecule has 1 atom stereocenters. The third kappa shape index (κ3) is 2.17. The van der Waals surface area contributed by atoms with Crippen LogP contribution in [0.3, 0.4) is 0 Å². The monoisotopic (exact) mass is 156 g/mol. The molecule has 0 aromatic rings. The molecule has 0 spiro atoms. The van der Waals surface area contributed by atoms with Crippen LogP contribution in [0.15, 0.2) is 0 Å². The van der Waals surface area contributed by atoms with Crippen molar-refractivity contribution in [2.75, 3.05) is 13.1 Å². The van der Waals surface area contributed by atoms with Gasteiger partial charge in [-0.1, -0.05) is 13.8 Å². The van der Waals surface area contributed by atoms with E-state index in [1.54, 1.807) is 0 Å². The van der Waals surface area contributed by atoms with Gasteiger partial charge in [0.25, 0.3) is 0 Å². The third-order valence-electron chi connectivity index (χ3n) is 2.72. The quantitative estimate of drug-likeness (QED) is 0.665. The number of rotatable bonds is 3. The second kappa shape index (κ2) is 4.07. The first-order chi connectivity index (χ1) is 5.27. The molecule has 2 nitrogen and oxygen atoms in total. The highest BCUT2D eigenvalue weighted by Crippen LogP contribution is 2.15. The molecule has 0 saturated carbocycles. The van der Waals surface area contributed by atoms with Crippen molar-refractivity contribution in [2.45, 2.75) is 45.2 Å². The fourth-order valence-corrected chi connectivity index (χ4v) is 1.95. The molecule has 2 N–H and O–H groups in total. The number of nitrogens with two attached hydrogens (primary N) is 1. The van der Waals surface area contributed by atoms with E-state index in [2.05, 4.69) is 18.7 Å². The van der Waals surface area contributed by atoms with Gasteiger partial charge in [-0.3, -0.25) is 4.90 Å². The van der Waals surface area contributed by atoms with Crippen molar-refractivity contribution < 1.29 is 0 Å². The second-order valence-corrected chi connectivity index (χ2v) is 3.51. The molecule has 0 radical (unpaired) electrons. The summed E-state index contributed by atoms with van der Waals surface area (Å²) in [5.41, 5.74) is 5.83. The lowest BCUT2D eigenvalue weighted by Crippen LogP contribution is -2.34. The first kappa shape index (κ1) is 9.01. The fraction of sp³-hybridized carbons (Fsp3) is 1.00. The van der Waals surface area contributed by atoms with Crippen LogP contribution in [-0.4, -0.2) is 30.1 Å². The molecule has 0 aliphatic carbocycles. The highest BCUT2D eigenvalue weighted by Gasteiger charge is 2.23. The summed E-state index contributed by atoms with van der Waals surface area (Å²) in [4.78, 5) is 2.53. The Labute approximate surface area is 69.8 Å². The van der Waals surface area contributed by atoms with E-state index in [0.717, 1.165) is 12.6 Å². The number of likely N-dealkylation sites (tertiary alicyclic amines) is 1. The minimum atomic E-state index is 0.440. The van der Waals surface area contributed by atoms with Gasteiger partial charge in [0.15, 0.2) is 0 Å². The van der Waals surface area contributed by atoms with Gasteiger partial charge in [0, 0.05) is 25.2 Å². The second-order valence-electron chi connectivity index (χ2n) is 3.51. The molecule has 1 aliphatic rings. The lowest BCUT2D eigenvalue weighted by molar-refractivity contribution is 0.227. The van der Waals surface area contributed by atoms with Gasteiger partial charge in [-0.15, -0.1) is 0 Å². The molecule has 1 fully saturated rings. The van der Waals surface area contributed by atoms with Crippen molar-refractivity contribution in [1.29, 1.82) is 0 Å². The van der Waals surface area contributed by atoms with Crippen LogP contribution in [0.1, 0.15) is 33.1 Å². The summed E-state index contributed by atoms with van der Waals surface area (Å²) in [7, 11) is 0. The smallest absolute Gasteiger partial charge is 0.0180 e. The van der Waals surface area contributed by atoms with Gasteiger partial charge >= 0.3 is 0 Å². The van der Waals surface area contributed by atoms with E-state index in [-0.39, 0.29) is 0 Å². The summed E-state index contributed by atoms with van der Waals surface area (Å²) >= 11 is 0. The summed E-state index contributed by atoms with van der Waals surface area (Å²) in [5, 5.41) is 0. The van der Waals surface area contributed by atoms with Gasteiger partial charge < -0.3 is 5.73 Å². The van der Waals surface area contributed by atoms with Gasteiger partial charge in [-0.05, 0) is 19.3 Å². The predicted octanol–water partition coefficient (Wildman–Crippen LogP) is 1.21. The van der Waals surface area contributed by atoms with Crippen LogP contribution >= 0.6 is 0 Å². The van der Waals surface area contributed by atoms with Crippen LogP contribution in [0.5, 0.6) is 0 Å². The molecule has 0 aromatic carbocycles. The van der Waals surface area contributed by atoms with Crippen LogP contribution in [0.4, 0.5) is 0 Å². The van der Waals surface area contributed by atoms with Crippen molar-refractivity contribution in [1.82, 2.24) is 4.90 Å². The predicted molar refractivity (Wildman–Crippen MR) is 48.5 cm³/mol. The van der Waals surface area contributed by atoms with E-state index < -0.39 is 0 Å². The van der Waals surface area contributed by atoms with Gasteiger partial charge in [0.1, 0.15) is 0 Å². The number of hydrogen-bond donors (Lipinski definition) is 1. The molecule has 66 valence electrons. The molecule has 0 unspecified atom stereocenters. The molecular weight excluding hydrogens is 136 g/mol. The van der Waals surface area contributed by atoms with Crippen molar-refractivity contribution in [3.05, 3.63) is 0 Å². The Hall–Kier alpha value is -0.0800. The molecule has 2 heteroatoms. The minimum absolute atomic E-state index is 0.440. The van der Waals surface area contributed by atoms with Crippen LogP contribution in [-0.2, 0) is 0 Å². The van der Waals surface area contributed by atoms with E-state index in [1.165, 1.54) is 25.8 Å². The van der Waals surface area contributed by atoms with E-state index in [0.29, 0.717) is 6.04 Å². The molecule has 0 aromatic heterocycles. The van der Waals surface area contributed by atoms with Gasteiger partial charge in [0.2, 0.25) is 0 Å². The van der Waals surface area contributed by atoms with Crippen molar-refractivity contribution in [2.24, 2.45) is 5.73 Å². The van der Waals surface area contributed by atoms with Crippen molar-refractivity contribution in [3.63, 3.8) is 0 Å². The summed E-state index contributed by atoms with van der Waals surface area (Å²) in [6.45, 7) is 6.86. The Morgan fingerprint density at radius 3 is 2.45 bits per heavy atom. The fourth-order valence-electron chi connectivity index (χ4n) is 1.95. The van der Waals surface area contributed by atoms with Crippen LogP contribution < -0.4 is 5.73 Å². The normalized spacial score (nSPS) is 26.7. The summed E-state index contributed by atoms with van der Waals surface area (Å²) in [6.07, 6.45) is 3.73. The molecule has 1 aliphatic heterocycles. The van der Waals surface area contributed by atoms with Crippen LogP contribution in [0.25, 0.3) is 0 Å². The van der Waals surface area contributed by atoms with E-state index >= 15 is 0 Å². The topological polar surface area (TPSA) is 29.3 Å². The first-order valence-corrected chi connectivity index (χ1v) is 4.77. The van der Waals surface area contributed by atoms with Gasteiger partial charge in [-0.25, -0.2) is 0 Å². The average molecular weight is 156 g/mol. The molecule has 0 amide bonds. The van der Waals surface area contributed by atoms with Crippen molar-refractivity contribution in [3.8, 4) is 0 Å². The minimum Gasteiger partial charge on any atom is -0.326 e. The Morgan fingerprint density at radius 2 is 2.09 bits per heavy atom. The van der Waals surface area contributed by atoms with E-state index in [1.807, 2.05) is 0 Å². The van der Waals surface area contributed by atoms with Gasteiger partial charge in [0.05, 0.1) is 0 Å². The Morgan fingerprint density at radius 1 is 1.45 bits per heavy atom. The van der Waals surface area contributed by atoms with Crippen LogP contribution in [0, 0.1) is 0 Å². The molecule has 1 rings (SSSR count). The summed E-state index contributed by atoms with van der Waals surface area (Å²) in [6, 6.07) is 1.22. The lowest BCUT2D eigenvalue weighted by atomic mass is 10.1. The summed E-state index contributed by atoms with van der Waals surface area (Å²) < 4.78 is 0. The average Bonchev–Trinajstić information content (AvgIpc) is 2.39. The van der Waals surface area contributed by atoms with Gasteiger partial charge in [-0.2, -0.15) is 0 Å². The zero-order valence-corrected chi connectivity index (χ0v) is 7.71.